The van der Waals surface area contributed by atoms with E-state index in [2.05, 4.69) is 9.97 Å². The molecule has 0 aliphatic carbocycles. The lowest BCUT2D eigenvalue weighted by Crippen LogP contribution is -1.98. The molecule has 82 valence electrons. The third-order valence-electron chi connectivity index (χ3n) is 2.63. The van der Waals surface area contributed by atoms with Crippen LogP contribution in [0.3, 0.4) is 0 Å². The molecule has 5 heteroatoms. The first-order chi connectivity index (χ1) is 7.78. The number of hydrogen-bond donors (Lipinski definition) is 1. The van der Waals surface area contributed by atoms with Gasteiger partial charge in [-0.15, -0.1) is 0 Å². The van der Waals surface area contributed by atoms with Crippen molar-refractivity contribution in [2.45, 2.75) is 20.1 Å². The summed E-state index contributed by atoms with van der Waals surface area (Å²) in [5.74, 6) is 0.693. The molecule has 0 atom stereocenters. The highest BCUT2D eigenvalue weighted by Crippen LogP contribution is 2.29. The Hall–Kier alpha value is -1.72. The molecule has 0 amide bonds. The molecule has 0 unspecified atom stereocenters. The number of rotatable bonds is 1. The van der Waals surface area contributed by atoms with Crippen molar-refractivity contribution in [3.8, 4) is 5.75 Å². The first kappa shape index (κ1) is 9.50. The molecule has 0 fully saturated rings. The van der Waals surface area contributed by atoms with E-state index in [4.69, 9.17) is 14.9 Å². The Kier molecular flexibility index (Phi) is 2.02. The SMILES string of the molecule is Cc1nc2cc3c(cc2nc1CO)COO3. The minimum Gasteiger partial charge on any atom is -0.390 e. The molecule has 1 N–H and O–H groups in total. The predicted molar refractivity (Wildman–Crippen MR) is 55.6 cm³/mol. The number of benzene rings is 1. The van der Waals surface area contributed by atoms with Gasteiger partial charge in [0.25, 0.3) is 0 Å². The van der Waals surface area contributed by atoms with Gasteiger partial charge in [0.05, 0.1) is 29.0 Å². The molecule has 2 heterocycles. The molecule has 16 heavy (non-hydrogen) atoms. The number of aliphatic hydroxyl groups excluding tert-OH is 1. The largest absolute Gasteiger partial charge is 0.390 e. The van der Waals surface area contributed by atoms with Crippen molar-refractivity contribution in [3.63, 3.8) is 0 Å². The lowest BCUT2D eigenvalue weighted by atomic mass is 10.1. The van der Waals surface area contributed by atoms with E-state index in [-0.39, 0.29) is 6.61 Å². The van der Waals surface area contributed by atoms with Crippen LogP contribution in [0.4, 0.5) is 0 Å². The summed E-state index contributed by atoms with van der Waals surface area (Å²) in [7, 11) is 0. The van der Waals surface area contributed by atoms with Gasteiger partial charge in [0.2, 0.25) is 0 Å². The van der Waals surface area contributed by atoms with Crippen LogP contribution in [0.1, 0.15) is 17.0 Å². The fourth-order valence-corrected chi connectivity index (χ4v) is 1.75. The number of aromatic nitrogens is 2. The highest BCUT2D eigenvalue weighted by molar-refractivity contribution is 5.78. The molecule has 0 saturated carbocycles. The zero-order chi connectivity index (χ0) is 11.1. The summed E-state index contributed by atoms with van der Waals surface area (Å²) in [4.78, 5) is 18.6. The number of aryl methyl sites for hydroxylation is 1. The average molecular weight is 218 g/mol. The Morgan fingerprint density at radius 2 is 2.12 bits per heavy atom. The van der Waals surface area contributed by atoms with Crippen molar-refractivity contribution in [1.29, 1.82) is 0 Å². The Bertz CT molecular complexity index is 558. The molecule has 3 rings (SSSR count). The van der Waals surface area contributed by atoms with Crippen LogP contribution in [-0.4, -0.2) is 15.1 Å². The topological polar surface area (TPSA) is 64.5 Å². The van der Waals surface area contributed by atoms with Crippen LogP contribution in [0, 0.1) is 6.92 Å². The lowest BCUT2D eigenvalue weighted by molar-refractivity contribution is -0.194. The minimum absolute atomic E-state index is 0.0984. The van der Waals surface area contributed by atoms with Gasteiger partial charge in [0.1, 0.15) is 6.61 Å². The fourth-order valence-electron chi connectivity index (χ4n) is 1.75. The van der Waals surface area contributed by atoms with Gasteiger partial charge < -0.3 is 9.99 Å². The summed E-state index contributed by atoms with van der Waals surface area (Å²) in [6.07, 6.45) is 0. The second kappa shape index (κ2) is 3.40. The van der Waals surface area contributed by atoms with Crippen LogP contribution < -0.4 is 4.89 Å². The van der Waals surface area contributed by atoms with E-state index in [9.17, 15) is 0 Å². The Morgan fingerprint density at radius 3 is 2.94 bits per heavy atom. The van der Waals surface area contributed by atoms with Crippen LogP contribution in [-0.2, 0) is 18.1 Å². The quantitative estimate of drug-likeness (QED) is 0.730. The van der Waals surface area contributed by atoms with Crippen LogP contribution in [0.2, 0.25) is 0 Å². The lowest BCUT2D eigenvalue weighted by Gasteiger charge is -2.04. The molecule has 5 nitrogen and oxygen atoms in total. The van der Waals surface area contributed by atoms with Crippen molar-refractivity contribution in [1.82, 2.24) is 9.97 Å². The van der Waals surface area contributed by atoms with Gasteiger partial charge in [-0.05, 0) is 13.0 Å². The Morgan fingerprint density at radius 1 is 1.31 bits per heavy atom. The van der Waals surface area contributed by atoms with Gasteiger partial charge in [0.15, 0.2) is 5.75 Å². The Labute approximate surface area is 91.6 Å². The normalized spacial score (nSPS) is 13.9. The van der Waals surface area contributed by atoms with E-state index in [1.807, 2.05) is 13.0 Å². The van der Waals surface area contributed by atoms with Crippen LogP contribution in [0.5, 0.6) is 5.75 Å². The maximum absolute atomic E-state index is 9.12. The number of hydrogen-bond acceptors (Lipinski definition) is 5. The van der Waals surface area contributed by atoms with Crippen molar-refractivity contribution in [3.05, 3.63) is 29.1 Å². The zero-order valence-electron chi connectivity index (χ0n) is 8.73. The molecular formula is C11H10N2O3. The molecule has 0 saturated heterocycles. The van der Waals surface area contributed by atoms with Crippen LogP contribution >= 0.6 is 0 Å². The van der Waals surface area contributed by atoms with Crippen molar-refractivity contribution < 1.29 is 14.9 Å². The molecule has 1 aromatic heterocycles. The molecule has 2 aromatic rings. The summed E-state index contributed by atoms with van der Waals surface area (Å²) in [5, 5.41) is 9.12. The number of fused-ring (bicyclic) bond motifs is 2. The molecule has 0 bridgehead atoms. The van der Waals surface area contributed by atoms with Gasteiger partial charge >= 0.3 is 0 Å². The summed E-state index contributed by atoms with van der Waals surface area (Å²) in [6.45, 7) is 2.15. The first-order valence-electron chi connectivity index (χ1n) is 4.98. The first-order valence-corrected chi connectivity index (χ1v) is 4.98. The van der Waals surface area contributed by atoms with E-state index in [1.165, 1.54) is 0 Å². The highest BCUT2D eigenvalue weighted by Gasteiger charge is 2.16. The summed E-state index contributed by atoms with van der Waals surface area (Å²) >= 11 is 0. The van der Waals surface area contributed by atoms with Gasteiger partial charge in [0, 0.05) is 11.6 Å². The fraction of sp³-hybridized carbons (Fsp3) is 0.273. The van der Waals surface area contributed by atoms with E-state index in [1.54, 1.807) is 6.07 Å². The third kappa shape index (κ3) is 1.33. The third-order valence-corrected chi connectivity index (χ3v) is 2.63. The maximum atomic E-state index is 9.12. The summed E-state index contributed by atoms with van der Waals surface area (Å²) in [5.41, 5.74) is 3.79. The van der Waals surface area contributed by atoms with Crippen LogP contribution in [0.15, 0.2) is 12.1 Å². The zero-order valence-corrected chi connectivity index (χ0v) is 8.73. The van der Waals surface area contributed by atoms with Gasteiger partial charge in [-0.1, -0.05) is 0 Å². The average Bonchev–Trinajstić information content (AvgIpc) is 2.72. The molecule has 1 aromatic carbocycles. The van der Waals surface area contributed by atoms with E-state index >= 15 is 0 Å². The van der Waals surface area contributed by atoms with E-state index in [0.29, 0.717) is 18.1 Å². The van der Waals surface area contributed by atoms with Crippen LogP contribution in [0.25, 0.3) is 11.0 Å². The number of nitrogens with zero attached hydrogens (tertiary/aromatic N) is 2. The standard InChI is InChI=1S/C11H10N2O3/c1-6-10(4-14)13-8-2-7-5-15-16-11(7)3-9(8)12-6/h2-3,14H,4-5H2,1H3. The van der Waals surface area contributed by atoms with Gasteiger partial charge in [-0.2, -0.15) is 4.89 Å². The molecular weight excluding hydrogens is 208 g/mol. The van der Waals surface area contributed by atoms with E-state index < -0.39 is 0 Å². The molecule has 0 spiro atoms. The monoisotopic (exact) mass is 218 g/mol. The maximum Gasteiger partial charge on any atom is 0.173 e. The number of aliphatic hydroxyl groups is 1. The molecule has 1 aliphatic rings. The van der Waals surface area contributed by atoms with Crippen molar-refractivity contribution in [2.24, 2.45) is 0 Å². The smallest absolute Gasteiger partial charge is 0.173 e. The van der Waals surface area contributed by atoms with Crippen molar-refractivity contribution >= 4 is 11.0 Å². The minimum atomic E-state index is -0.0984. The second-order valence-corrected chi connectivity index (χ2v) is 3.71. The molecule has 1 aliphatic heterocycles. The second-order valence-electron chi connectivity index (χ2n) is 3.71. The highest BCUT2D eigenvalue weighted by atomic mass is 17.2. The van der Waals surface area contributed by atoms with Crippen molar-refractivity contribution in [2.75, 3.05) is 0 Å². The summed E-state index contributed by atoms with van der Waals surface area (Å²) in [6, 6.07) is 3.68. The van der Waals surface area contributed by atoms with Gasteiger partial charge in [-0.3, -0.25) is 0 Å². The summed E-state index contributed by atoms with van der Waals surface area (Å²) < 4.78 is 0. The van der Waals surface area contributed by atoms with E-state index in [0.717, 1.165) is 22.3 Å². The van der Waals surface area contributed by atoms with Gasteiger partial charge in [-0.25, -0.2) is 9.97 Å². The Balaban J connectivity index is 2.28. The predicted octanol–water partition coefficient (Wildman–Crippen LogP) is 1.25. The molecule has 0 radical (unpaired) electrons.